The van der Waals surface area contributed by atoms with Crippen molar-refractivity contribution in [1.29, 1.82) is 0 Å². The van der Waals surface area contributed by atoms with Crippen molar-refractivity contribution < 1.29 is 4.74 Å². The van der Waals surface area contributed by atoms with Crippen LogP contribution in [0.5, 0.6) is 0 Å². The molecule has 2 atom stereocenters. The van der Waals surface area contributed by atoms with Crippen LogP contribution in [-0.4, -0.2) is 29.5 Å². The first-order chi connectivity index (χ1) is 8.69. The SMILES string of the molecule is CCCC(OCC)C(NC)c1c(Cl)cnn1CC. The fourth-order valence-corrected chi connectivity index (χ4v) is 2.54. The molecule has 1 aromatic heterocycles. The van der Waals surface area contributed by atoms with Crippen LogP contribution in [-0.2, 0) is 11.3 Å². The minimum absolute atomic E-state index is 0.0832. The molecule has 0 amide bonds. The second-order valence-corrected chi connectivity index (χ2v) is 4.65. The molecule has 0 saturated carbocycles. The molecule has 0 spiro atoms. The summed E-state index contributed by atoms with van der Waals surface area (Å²) >= 11 is 6.26. The third-order valence-corrected chi connectivity index (χ3v) is 3.36. The summed E-state index contributed by atoms with van der Waals surface area (Å²) in [5, 5.41) is 8.32. The van der Waals surface area contributed by atoms with Crippen molar-refractivity contribution in [2.24, 2.45) is 0 Å². The number of nitrogens with zero attached hydrogens (tertiary/aromatic N) is 2. The zero-order chi connectivity index (χ0) is 13.5. The lowest BCUT2D eigenvalue weighted by molar-refractivity contribution is 0.0274. The topological polar surface area (TPSA) is 39.1 Å². The summed E-state index contributed by atoms with van der Waals surface area (Å²) in [5.41, 5.74) is 1.02. The Bertz CT molecular complexity index is 348. The minimum atomic E-state index is 0.0832. The maximum atomic E-state index is 6.26. The van der Waals surface area contributed by atoms with E-state index in [4.69, 9.17) is 16.3 Å². The Labute approximate surface area is 115 Å². The van der Waals surface area contributed by atoms with Crippen molar-refractivity contribution in [2.75, 3.05) is 13.7 Å². The molecule has 0 aliphatic rings. The molecule has 2 unspecified atom stereocenters. The zero-order valence-corrected chi connectivity index (χ0v) is 12.5. The Morgan fingerprint density at radius 1 is 1.44 bits per heavy atom. The Morgan fingerprint density at radius 3 is 2.67 bits per heavy atom. The van der Waals surface area contributed by atoms with E-state index in [1.807, 2.05) is 18.7 Å². The van der Waals surface area contributed by atoms with Crippen LogP contribution in [0.3, 0.4) is 0 Å². The van der Waals surface area contributed by atoms with Crippen LogP contribution < -0.4 is 5.32 Å². The molecule has 0 aliphatic heterocycles. The lowest BCUT2D eigenvalue weighted by Crippen LogP contribution is -2.33. The van der Waals surface area contributed by atoms with Gasteiger partial charge in [-0.3, -0.25) is 4.68 Å². The molecule has 18 heavy (non-hydrogen) atoms. The number of aromatic nitrogens is 2. The average molecular weight is 274 g/mol. The number of halogens is 1. The number of hydrogen-bond donors (Lipinski definition) is 1. The van der Waals surface area contributed by atoms with Gasteiger partial charge in [-0.25, -0.2) is 0 Å². The van der Waals surface area contributed by atoms with Crippen molar-refractivity contribution in [1.82, 2.24) is 15.1 Å². The Morgan fingerprint density at radius 2 is 2.17 bits per heavy atom. The average Bonchev–Trinajstić information content (AvgIpc) is 2.73. The van der Waals surface area contributed by atoms with Crippen molar-refractivity contribution in [3.63, 3.8) is 0 Å². The van der Waals surface area contributed by atoms with Gasteiger partial charge in [-0.2, -0.15) is 5.10 Å². The first-order valence-corrected chi connectivity index (χ1v) is 7.07. The third-order valence-electron chi connectivity index (χ3n) is 3.06. The summed E-state index contributed by atoms with van der Waals surface area (Å²) in [6.45, 7) is 7.77. The number of rotatable bonds is 8. The van der Waals surface area contributed by atoms with Crippen LogP contribution in [0, 0.1) is 0 Å². The van der Waals surface area contributed by atoms with Gasteiger partial charge < -0.3 is 10.1 Å². The summed E-state index contributed by atoms with van der Waals surface area (Å²) < 4.78 is 7.79. The first kappa shape index (κ1) is 15.5. The molecule has 1 aromatic rings. The van der Waals surface area contributed by atoms with Gasteiger partial charge in [0.25, 0.3) is 0 Å². The lowest BCUT2D eigenvalue weighted by atomic mass is 10.0. The van der Waals surface area contributed by atoms with Gasteiger partial charge in [0.05, 0.1) is 29.1 Å². The number of likely N-dealkylation sites (N-methyl/N-ethyl adjacent to an activating group) is 1. The number of ether oxygens (including phenoxy) is 1. The van der Waals surface area contributed by atoms with Gasteiger partial charge in [0, 0.05) is 13.2 Å². The van der Waals surface area contributed by atoms with E-state index in [1.54, 1.807) is 6.20 Å². The standard InChI is InChI=1S/C13H24ClN3O/c1-5-8-11(18-7-3)12(15-4)13-10(14)9-16-17(13)6-2/h9,11-12,15H,5-8H2,1-4H3. The Kier molecular flexibility index (Phi) is 6.68. The fraction of sp³-hybridized carbons (Fsp3) is 0.769. The number of aryl methyl sites for hydroxylation is 1. The molecule has 0 aliphatic carbocycles. The predicted octanol–water partition coefficient (Wildman–Crippen LogP) is 3.02. The van der Waals surface area contributed by atoms with E-state index in [0.717, 1.165) is 25.1 Å². The quantitative estimate of drug-likeness (QED) is 0.791. The molecule has 0 bridgehead atoms. The van der Waals surface area contributed by atoms with Gasteiger partial charge >= 0.3 is 0 Å². The van der Waals surface area contributed by atoms with Crippen LogP contribution in [0.4, 0.5) is 0 Å². The maximum Gasteiger partial charge on any atom is 0.0835 e. The van der Waals surface area contributed by atoms with Gasteiger partial charge in [0.15, 0.2) is 0 Å². The van der Waals surface area contributed by atoms with Crippen molar-refractivity contribution in [2.45, 2.75) is 52.3 Å². The van der Waals surface area contributed by atoms with E-state index >= 15 is 0 Å². The van der Waals surface area contributed by atoms with E-state index in [-0.39, 0.29) is 12.1 Å². The van der Waals surface area contributed by atoms with Gasteiger partial charge in [0.1, 0.15) is 0 Å². The molecular formula is C13H24ClN3O. The summed E-state index contributed by atoms with van der Waals surface area (Å²) in [4.78, 5) is 0. The summed E-state index contributed by atoms with van der Waals surface area (Å²) in [6, 6.07) is 0.0832. The van der Waals surface area contributed by atoms with E-state index in [2.05, 4.69) is 24.3 Å². The maximum absolute atomic E-state index is 6.26. The normalized spacial score (nSPS) is 14.7. The Balaban J connectivity index is 3.01. The molecule has 1 heterocycles. The zero-order valence-electron chi connectivity index (χ0n) is 11.7. The van der Waals surface area contributed by atoms with Crippen molar-refractivity contribution >= 4 is 11.6 Å². The van der Waals surface area contributed by atoms with Gasteiger partial charge in [-0.1, -0.05) is 24.9 Å². The van der Waals surface area contributed by atoms with Gasteiger partial charge in [0.2, 0.25) is 0 Å². The highest BCUT2D eigenvalue weighted by molar-refractivity contribution is 6.31. The second-order valence-electron chi connectivity index (χ2n) is 4.24. The van der Waals surface area contributed by atoms with E-state index in [1.165, 1.54) is 0 Å². The molecule has 5 heteroatoms. The van der Waals surface area contributed by atoms with Gasteiger partial charge in [-0.15, -0.1) is 0 Å². The van der Waals surface area contributed by atoms with E-state index < -0.39 is 0 Å². The molecule has 0 radical (unpaired) electrons. The fourth-order valence-electron chi connectivity index (χ4n) is 2.28. The van der Waals surface area contributed by atoms with Crippen LogP contribution in [0.25, 0.3) is 0 Å². The first-order valence-electron chi connectivity index (χ1n) is 6.69. The van der Waals surface area contributed by atoms with Crippen LogP contribution in [0.1, 0.15) is 45.3 Å². The summed E-state index contributed by atoms with van der Waals surface area (Å²) in [6.07, 6.45) is 3.93. The summed E-state index contributed by atoms with van der Waals surface area (Å²) in [7, 11) is 1.94. The molecule has 1 rings (SSSR count). The molecule has 0 saturated heterocycles. The van der Waals surface area contributed by atoms with E-state index in [0.29, 0.717) is 11.6 Å². The van der Waals surface area contributed by atoms with Crippen molar-refractivity contribution in [3.8, 4) is 0 Å². The highest BCUT2D eigenvalue weighted by atomic mass is 35.5. The Hall–Kier alpha value is -0.580. The van der Waals surface area contributed by atoms with Crippen LogP contribution in [0.2, 0.25) is 5.02 Å². The van der Waals surface area contributed by atoms with Crippen molar-refractivity contribution in [3.05, 3.63) is 16.9 Å². The molecule has 104 valence electrons. The minimum Gasteiger partial charge on any atom is -0.376 e. The highest BCUT2D eigenvalue weighted by Gasteiger charge is 2.27. The smallest absolute Gasteiger partial charge is 0.0835 e. The largest absolute Gasteiger partial charge is 0.376 e. The molecule has 4 nitrogen and oxygen atoms in total. The molecule has 0 fully saturated rings. The number of hydrogen-bond acceptors (Lipinski definition) is 3. The molecular weight excluding hydrogens is 250 g/mol. The second kappa shape index (κ2) is 7.77. The van der Waals surface area contributed by atoms with E-state index in [9.17, 15) is 0 Å². The van der Waals surface area contributed by atoms with Crippen LogP contribution in [0.15, 0.2) is 6.20 Å². The third kappa shape index (κ3) is 3.46. The molecule has 1 N–H and O–H groups in total. The molecule has 0 aromatic carbocycles. The summed E-state index contributed by atoms with van der Waals surface area (Å²) in [5.74, 6) is 0. The monoisotopic (exact) mass is 273 g/mol. The lowest BCUT2D eigenvalue weighted by Gasteiger charge is -2.27. The van der Waals surface area contributed by atoms with Crippen LogP contribution >= 0.6 is 11.6 Å². The van der Waals surface area contributed by atoms with Gasteiger partial charge in [-0.05, 0) is 27.3 Å². The number of nitrogens with one attached hydrogen (secondary N) is 1. The highest BCUT2D eigenvalue weighted by Crippen LogP contribution is 2.28. The predicted molar refractivity (Wildman–Crippen MR) is 75.0 cm³/mol.